The van der Waals surface area contributed by atoms with Crippen LogP contribution in [0.15, 0.2) is 47.5 Å². The monoisotopic (exact) mass is 411 g/mol. The van der Waals surface area contributed by atoms with Gasteiger partial charge in [0.15, 0.2) is 11.5 Å². The van der Waals surface area contributed by atoms with E-state index in [0.29, 0.717) is 39.0 Å². The Morgan fingerprint density at radius 3 is 2.50 bits per heavy atom. The van der Waals surface area contributed by atoms with Gasteiger partial charge in [0.05, 0.1) is 17.2 Å². The summed E-state index contributed by atoms with van der Waals surface area (Å²) in [6, 6.07) is 18.8. The molecular weight excluding hydrogens is 398 g/mol. The first-order chi connectivity index (χ1) is 14.7. The van der Waals surface area contributed by atoms with Gasteiger partial charge >= 0.3 is 0 Å². The quantitative estimate of drug-likeness (QED) is 0.639. The van der Waals surface area contributed by atoms with Crippen molar-refractivity contribution in [2.24, 2.45) is 0 Å². The number of aromatic nitrogens is 1. The zero-order valence-electron chi connectivity index (χ0n) is 15.5. The second kappa shape index (κ2) is 8.05. The minimum atomic E-state index is 0.0419. The van der Waals surface area contributed by atoms with Crippen LogP contribution in [-0.4, -0.2) is 11.8 Å². The van der Waals surface area contributed by atoms with Gasteiger partial charge in [-0.3, -0.25) is 0 Å². The Labute approximate surface area is 176 Å². The van der Waals surface area contributed by atoms with Crippen LogP contribution in [0.2, 0.25) is 0 Å². The summed E-state index contributed by atoms with van der Waals surface area (Å²) in [5, 5.41) is 29.3. The lowest BCUT2D eigenvalue weighted by atomic mass is 9.96. The molecule has 0 aliphatic carbocycles. The van der Waals surface area contributed by atoms with Crippen molar-refractivity contribution in [2.75, 3.05) is 12.5 Å². The molecule has 0 amide bonds. The maximum Gasteiger partial charge on any atom is 0.231 e. The Morgan fingerprint density at radius 1 is 0.967 bits per heavy atom. The maximum atomic E-state index is 9.90. The molecular formula is C22H13N5O2S. The Hall–Kier alpha value is -4.19. The third-order valence-electron chi connectivity index (χ3n) is 4.58. The number of thioether (sulfide) groups is 1. The van der Waals surface area contributed by atoms with Crippen LogP contribution < -0.4 is 15.2 Å². The zero-order valence-corrected chi connectivity index (χ0v) is 16.4. The fourth-order valence-electron chi connectivity index (χ4n) is 3.14. The molecule has 3 aromatic rings. The number of nitriles is 3. The number of pyridine rings is 1. The average Bonchev–Trinajstić information content (AvgIpc) is 3.25. The minimum absolute atomic E-state index is 0.0419. The number of nitrogens with zero attached hydrogens (tertiary/aromatic N) is 4. The third kappa shape index (κ3) is 3.35. The van der Waals surface area contributed by atoms with Crippen molar-refractivity contribution in [1.29, 1.82) is 15.8 Å². The van der Waals surface area contributed by atoms with Gasteiger partial charge in [-0.25, -0.2) is 4.98 Å². The highest BCUT2D eigenvalue weighted by Gasteiger charge is 2.23. The first-order valence-electron chi connectivity index (χ1n) is 8.80. The van der Waals surface area contributed by atoms with Crippen molar-refractivity contribution in [1.82, 2.24) is 4.98 Å². The third-order valence-corrected chi connectivity index (χ3v) is 5.60. The second-order valence-corrected chi connectivity index (χ2v) is 7.24. The number of hydrogen-bond donors (Lipinski definition) is 1. The van der Waals surface area contributed by atoms with Gasteiger partial charge in [0.1, 0.15) is 28.5 Å². The molecule has 1 aliphatic heterocycles. The van der Waals surface area contributed by atoms with E-state index in [0.717, 1.165) is 5.56 Å². The molecule has 0 spiro atoms. The lowest BCUT2D eigenvalue weighted by Crippen LogP contribution is -2.03. The van der Waals surface area contributed by atoms with E-state index < -0.39 is 0 Å². The fraction of sp³-hybridized carbons (Fsp3) is 0.0909. The Morgan fingerprint density at radius 2 is 1.73 bits per heavy atom. The van der Waals surface area contributed by atoms with Crippen LogP contribution >= 0.6 is 11.8 Å². The second-order valence-electron chi connectivity index (χ2n) is 6.28. The van der Waals surface area contributed by atoms with Crippen molar-refractivity contribution < 1.29 is 9.47 Å². The van der Waals surface area contributed by atoms with Crippen LogP contribution in [0.25, 0.3) is 11.1 Å². The molecule has 1 aromatic heterocycles. The number of benzene rings is 2. The van der Waals surface area contributed by atoms with Gasteiger partial charge in [-0.2, -0.15) is 15.8 Å². The molecule has 0 fully saturated rings. The summed E-state index contributed by atoms with van der Waals surface area (Å²) in [6.07, 6.45) is 0. The van der Waals surface area contributed by atoms with E-state index >= 15 is 0 Å². The first-order valence-corrected chi connectivity index (χ1v) is 9.79. The lowest BCUT2D eigenvalue weighted by Gasteiger charge is -2.13. The summed E-state index contributed by atoms with van der Waals surface area (Å²) >= 11 is 1.29. The Bertz CT molecular complexity index is 1280. The van der Waals surface area contributed by atoms with Crippen LogP contribution in [0.4, 0.5) is 5.82 Å². The molecule has 4 rings (SSSR count). The molecule has 144 valence electrons. The van der Waals surface area contributed by atoms with Gasteiger partial charge in [-0.05, 0) is 29.3 Å². The van der Waals surface area contributed by atoms with Gasteiger partial charge in [-0.1, -0.05) is 24.3 Å². The van der Waals surface area contributed by atoms with Crippen molar-refractivity contribution in [3.8, 4) is 40.8 Å². The molecule has 30 heavy (non-hydrogen) atoms. The van der Waals surface area contributed by atoms with Gasteiger partial charge in [0.2, 0.25) is 6.79 Å². The fourth-order valence-corrected chi connectivity index (χ4v) is 4.14. The molecule has 1 aliphatic rings. The summed E-state index contributed by atoms with van der Waals surface area (Å²) < 4.78 is 10.8. The summed E-state index contributed by atoms with van der Waals surface area (Å²) in [6.45, 7) is 0.118. The van der Waals surface area contributed by atoms with Gasteiger partial charge in [0, 0.05) is 11.3 Å². The zero-order chi connectivity index (χ0) is 21.1. The molecule has 8 heteroatoms. The first kappa shape index (κ1) is 19.1. The number of fused-ring (bicyclic) bond motifs is 1. The van der Waals surface area contributed by atoms with Gasteiger partial charge in [-0.15, -0.1) is 11.8 Å². The highest BCUT2D eigenvalue weighted by atomic mass is 32.2. The molecule has 0 bridgehead atoms. The van der Waals surface area contributed by atoms with Crippen LogP contribution in [0.1, 0.15) is 22.3 Å². The van der Waals surface area contributed by atoms with E-state index in [4.69, 9.17) is 15.2 Å². The van der Waals surface area contributed by atoms with Crippen molar-refractivity contribution >= 4 is 17.6 Å². The van der Waals surface area contributed by atoms with Crippen LogP contribution in [-0.2, 0) is 5.75 Å². The normalized spacial score (nSPS) is 11.4. The average molecular weight is 411 g/mol. The van der Waals surface area contributed by atoms with Crippen LogP contribution in [0.3, 0.4) is 0 Å². The molecule has 0 unspecified atom stereocenters. The van der Waals surface area contributed by atoms with E-state index in [1.54, 1.807) is 30.3 Å². The predicted octanol–water partition coefficient (Wildman–Crippen LogP) is 3.97. The van der Waals surface area contributed by atoms with E-state index in [-0.39, 0.29) is 23.7 Å². The van der Waals surface area contributed by atoms with E-state index in [9.17, 15) is 15.8 Å². The molecule has 0 saturated heterocycles. The number of rotatable bonds is 4. The minimum Gasteiger partial charge on any atom is -0.454 e. The highest BCUT2D eigenvalue weighted by molar-refractivity contribution is 7.98. The van der Waals surface area contributed by atoms with Gasteiger partial charge in [0.25, 0.3) is 0 Å². The van der Waals surface area contributed by atoms with E-state index in [2.05, 4.69) is 23.2 Å². The summed E-state index contributed by atoms with van der Waals surface area (Å²) in [5.41, 5.74) is 8.84. The molecule has 7 nitrogen and oxygen atoms in total. The predicted molar refractivity (Wildman–Crippen MR) is 110 cm³/mol. The molecule has 0 radical (unpaired) electrons. The number of nitrogen functional groups attached to an aromatic ring is 1. The summed E-state index contributed by atoms with van der Waals surface area (Å²) in [4.78, 5) is 4.30. The van der Waals surface area contributed by atoms with Crippen molar-refractivity contribution in [3.63, 3.8) is 0 Å². The smallest absolute Gasteiger partial charge is 0.231 e. The summed E-state index contributed by atoms with van der Waals surface area (Å²) in [5.74, 6) is 1.60. The number of ether oxygens (including phenoxy) is 2. The van der Waals surface area contributed by atoms with Crippen LogP contribution in [0, 0.1) is 34.0 Å². The SMILES string of the molecule is N#Cc1ccccc1CSc1nc(N)c(C#N)c(-c2ccc3c(c2)OCO3)c1C#N. The van der Waals surface area contributed by atoms with Crippen LogP contribution in [0.5, 0.6) is 11.5 Å². The molecule has 2 aromatic carbocycles. The number of nitrogens with two attached hydrogens (primary N) is 1. The molecule has 0 saturated carbocycles. The molecule has 2 N–H and O–H groups in total. The topological polar surface area (TPSA) is 129 Å². The van der Waals surface area contributed by atoms with E-state index in [1.807, 2.05) is 12.1 Å². The van der Waals surface area contributed by atoms with Crippen molar-refractivity contribution in [2.45, 2.75) is 10.8 Å². The largest absolute Gasteiger partial charge is 0.454 e. The highest BCUT2D eigenvalue weighted by Crippen LogP contribution is 2.41. The summed E-state index contributed by atoms with van der Waals surface area (Å²) in [7, 11) is 0. The molecule has 0 atom stereocenters. The van der Waals surface area contributed by atoms with Gasteiger partial charge < -0.3 is 15.2 Å². The van der Waals surface area contributed by atoms with Crippen molar-refractivity contribution in [3.05, 3.63) is 64.7 Å². The standard InChI is InChI=1S/C22H13N5O2S/c23-8-14-3-1-2-4-15(14)11-30-22-17(10-25)20(16(9-24)21(26)27-22)13-5-6-18-19(7-13)29-12-28-18/h1-7H,11-12H2,(H2,26,27). The Balaban J connectivity index is 1.81. The maximum absolute atomic E-state index is 9.90. The Kier molecular flexibility index (Phi) is 5.13. The number of anilines is 1. The molecule has 2 heterocycles. The number of hydrogen-bond acceptors (Lipinski definition) is 8. The van der Waals surface area contributed by atoms with E-state index in [1.165, 1.54) is 11.8 Å². The lowest BCUT2D eigenvalue weighted by molar-refractivity contribution is 0.174.